The van der Waals surface area contributed by atoms with Crippen LogP contribution in [0.25, 0.3) is 0 Å². The van der Waals surface area contributed by atoms with Crippen molar-refractivity contribution < 1.29 is 52.1 Å². The first kappa shape index (κ1) is 34.5. The summed E-state index contributed by atoms with van der Waals surface area (Å²) in [5, 5.41) is 30.0. The summed E-state index contributed by atoms with van der Waals surface area (Å²) in [6, 6.07) is -2.40. The number of aliphatic carboxylic acids is 3. The van der Waals surface area contributed by atoms with Crippen LogP contribution in [0.4, 0.5) is 0 Å². The van der Waals surface area contributed by atoms with Crippen LogP contribution in [0.5, 0.6) is 0 Å². The Hall–Kier alpha value is -0.970. The number of hydrogen-bond donors (Lipinski definition) is 3. The first-order valence-electron chi connectivity index (χ1n) is 9.00. The van der Waals surface area contributed by atoms with Gasteiger partial charge in [-0.2, -0.15) is 0 Å². The van der Waals surface area contributed by atoms with E-state index in [4.69, 9.17) is 17.2 Å². The van der Waals surface area contributed by atoms with Crippen LogP contribution in [-0.4, -0.2) is 36.0 Å². The van der Waals surface area contributed by atoms with Gasteiger partial charge in [0, 0.05) is 18.1 Å². The largest absolute Gasteiger partial charge is 3.00 e. The van der Waals surface area contributed by atoms with Gasteiger partial charge >= 0.3 is 22.4 Å². The normalized spacial score (nSPS) is 13.3. The Kier molecular flexibility index (Phi) is 23.9. The average Bonchev–Trinajstić information content (AvgIpc) is 2.46. The zero-order chi connectivity index (χ0) is 22.3. The molecule has 0 saturated heterocycles. The van der Waals surface area contributed by atoms with E-state index in [1.165, 1.54) is 0 Å². The Bertz CT molecular complexity index is 372. The monoisotopic (exact) mass is 587 g/mol. The molecule has 3 atom stereocenters. The molecule has 10 heteroatoms. The molecule has 0 amide bonds. The van der Waals surface area contributed by atoms with Gasteiger partial charge in [0.25, 0.3) is 0 Å². The van der Waals surface area contributed by atoms with Crippen LogP contribution in [0.15, 0.2) is 0 Å². The van der Waals surface area contributed by atoms with E-state index in [0.29, 0.717) is 37.0 Å². The molecule has 0 heterocycles. The molecule has 0 aromatic carbocycles. The van der Waals surface area contributed by atoms with Crippen molar-refractivity contribution in [2.45, 2.75) is 78.9 Å². The van der Waals surface area contributed by atoms with Crippen molar-refractivity contribution in [1.82, 2.24) is 0 Å². The van der Waals surface area contributed by atoms with E-state index < -0.39 is 36.0 Å². The molecule has 9 nitrogen and oxygen atoms in total. The fourth-order valence-corrected chi connectivity index (χ4v) is 1.81. The van der Waals surface area contributed by atoms with Crippen LogP contribution in [0.3, 0.4) is 0 Å². The van der Waals surface area contributed by atoms with Crippen molar-refractivity contribution in [3.05, 3.63) is 0 Å². The Labute approximate surface area is 183 Å². The van der Waals surface area contributed by atoms with E-state index in [1.807, 2.05) is 41.5 Å². The molecule has 170 valence electrons. The van der Waals surface area contributed by atoms with E-state index in [0.717, 1.165) is 0 Å². The van der Waals surface area contributed by atoms with Gasteiger partial charge in [0.15, 0.2) is 0 Å². The summed E-state index contributed by atoms with van der Waals surface area (Å²) in [7, 11) is 0. The van der Waals surface area contributed by atoms with Crippen LogP contribution in [0, 0.1) is 17.8 Å². The topological polar surface area (TPSA) is 198 Å². The van der Waals surface area contributed by atoms with E-state index >= 15 is 0 Å². The predicted octanol–water partition coefficient (Wildman–Crippen LogP) is -2.67. The van der Waals surface area contributed by atoms with Crippen molar-refractivity contribution in [3.8, 4) is 0 Å². The molecule has 0 aromatic heterocycles. The average molecular weight is 587 g/mol. The number of carbonyl (C=O) groups excluding carboxylic acids is 3. The number of carbonyl (C=O) groups is 3. The standard InChI is InChI=1S/3C6H13NO2.Au/c3*1-4(2)3-5(7)6(8)9;/h3*4-5H,3,7H2,1-2H3,(H,8,9);/q;;;+3/p-3/t3*5-;/m000./s1. The molecule has 6 N–H and O–H groups in total. The number of hydrogen-bond acceptors (Lipinski definition) is 9. The van der Waals surface area contributed by atoms with Gasteiger partial charge in [-0.1, -0.05) is 41.5 Å². The third kappa shape index (κ3) is 27.3. The summed E-state index contributed by atoms with van der Waals surface area (Å²) in [5.74, 6) is -2.54. The van der Waals surface area contributed by atoms with E-state index in [2.05, 4.69) is 0 Å². The second kappa shape index (κ2) is 19.4. The predicted molar refractivity (Wildman–Crippen MR) is 97.3 cm³/mol. The SMILES string of the molecule is CC(C)C[C@H](N)C(=O)[O-].CC(C)C[C@H](N)C(=O)[O-].CC(C)C[C@H](N)C(=O)[O-].[Au+3]. The molecule has 0 saturated carbocycles. The fraction of sp³-hybridized carbons (Fsp3) is 0.833. The van der Waals surface area contributed by atoms with Gasteiger partial charge in [-0.05, 0) is 37.0 Å². The van der Waals surface area contributed by atoms with Gasteiger partial charge in [0.1, 0.15) is 0 Å². The van der Waals surface area contributed by atoms with E-state index in [1.54, 1.807) is 0 Å². The number of carboxylic acids is 3. The minimum atomic E-state index is -1.16. The van der Waals surface area contributed by atoms with Crippen LogP contribution >= 0.6 is 0 Å². The van der Waals surface area contributed by atoms with Gasteiger partial charge in [0.2, 0.25) is 0 Å². The second-order valence-corrected chi connectivity index (χ2v) is 7.67. The smallest absolute Gasteiger partial charge is 0.548 e. The molecule has 0 fully saturated rings. The maximum atomic E-state index is 10.00. The Morgan fingerprint density at radius 1 is 0.571 bits per heavy atom. The van der Waals surface area contributed by atoms with E-state index in [-0.39, 0.29) is 22.4 Å². The summed E-state index contributed by atoms with van der Waals surface area (Å²) >= 11 is 0. The van der Waals surface area contributed by atoms with Crippen molar-refractivity contribution in [2.75, 3.05) is 0 Å². The summed E-state index contributed by atoms with van der Waals surface area (Å²) in [5.41, 5.74) is 15.5. The zero-order valence-corrected chi connectivity index (χ0v) is 19.7. The summed E-state index contributed by atoms with van der Waals surface area (Å²) in [6.07, 6.45) is 1.47. The van der Waals surface area contributed by atoms with Crippen LogP contribution < -0.4 is 32.5 Å². The number of carboxylic acid groups (broad SMARTS) is 3. The Morgan fingerprint density at radius 3 is 0.750 bits per heavy atom. The quantitative estimate of drug-likeness (QED) is 0.241. The molecule has 28 heavy (non-hydrogen) atoms. The van der Waals surface area contributed by atoms with Crippen molar-refractivity contribution in [1.29, 1.82) is 0 Å². The fourth-order valence-electron chi connectivity index (χ4n) is 1.81. The molecule has 0 aliphatic rings. The third-order valence-electron chi connectivity index (χ3n) is 3.08. The number of nitrogens with two attached hydrogens (primary N) is 3. The Balaban J connectivity index is -0.000000152. The first-order chi connectivity index (χ1) is 12.1. The van der Waals surface area contributed by atoms with Crippen molar-refractivity contribution in [3.63, 3.8) is 0 Å². The van der Waals surface area contributed by atoms with Crippen molar-refractivity contribution in [2.24, 2.45) is 35.0 Å². The number of rotatable bonds is 9. The maximum absolute atomic E-state index is 10.00. The van der Waals surface area contributed by atoms with Gasteiger partial charge < -0.3 is 46.9 Å². The molecule has 0 rings (SSSR count). The minimum absolute atomic E-state index is 0. The van der Waals surface area contributed by atoms with Crippen molar-refractivity contribution >= 4 is 17.9 Å². The Morgan fingerprint density at radius 2 is 0.714 bits per heavy atom. The second-order valence-electron chi connectivity index (χ2n) is 7.67. The molecule has 0 aromatic rings. The van der Waals surface area contributed by atoms with E-state index in [9.17, 15) is 29.7 Å². The molecule has 0 aliphatic heterocycles. The summed E-state index contributed by atoms with van der Waals surface area (Å²) < 4.78 is 0. The van der Waals surface area contributed by atoms with Gasteiger partial charge in [-0.15, -0.1) is 0 Å². The molecule has 0 radical (unpaired) electrons. The molecular weight excluding hydrogens is 551 g/mol. The van der Waals surface area contributed by atoms with Gasteiger partial charge in [0.05, 0.1) is 17.9 Å². The molecule has 0 unspecified atom stereocenters. The van der Waals surface area contributed by atoms with Crippen LogP contribution in [0.2, 0.25) is 0 Å². The summed E-state index contributed by atoms with van der Waals surface area (Å²) in [4.78, 5) is 30.0. The molecule has 0 aliphatic carbocycles. The van der Waals surface area contributed by atoms with Crippen LogP contribution in [0.1, 0.15) is 60.8 Å². The molecule has 0 bridgehead atoms. The van der Waals surface area contributed by atoms with Gasteiger partial charge in [-0.25, -0.2) is 0 Å². The molecule has 0 spiro atoms. The minimum Gasteiger partial charge on any atom is -0.548 e. The van der Waals surface area contributed by atoms with Gasteiger partial charge in [-0.3, -0.25) is 0 Å². The van der Waals surface area contributed by atoms with Crippen LogP contribution in [-0.2, 0) is 36.8 Å². The first-order valence-corrected chi connectivity index (χ1v) is 9.00. The zero-order valence-electron chi connectivity index (χ0n) is 17.6. The molecular formula is C18H36AuN3O6. The summed E-state index contributed by atoms with van der Waals surface area (Å²) in [6.45, 7) is 11.5. The maximum Gasteiger partial charge on any atom is 3.00 e. The third-order valence-corrected chi connectivity index (χ3v) is 3.08.